The van der Waals surface area contributed by atoms with E-state index in [0.29, 0.717) is 6.04 Å². The van der Waals surface area contributed by atoms with Crippen LogP contribution in [-0.2, 0) is 4.74 Å². The van der Waals surface area contributed by atoms with E-state index in [4.69, 9.17) is 10.5 Å². The molecule has 0 amide bonds. The fourth-order valence-electron chi connectivity index (χ4n) is 2.27. The van der Waals surface area contributed by atoms with Crippen molar-refractivity contribution in [3.8, 4) is 0 Å². The Morgan fingerprint density at radius 3 is 2.62 bits per heavy atom. The topological polar surface area (TPSA) is 35.2 Å². The molecule has 0 aromatic carbocycles. The fraction of sp³-hybridized carbons (Fsp3) is 1.00. The van der Waals surface area contributed by atoms with E-state index in [1.165, 1.54) is 30.8 Å². The van der Waals surface area contributed by atoms with Crippen LogP contribution in [0.15, 0.2) is 0 Å². The second kappa shape index (κ2) is 4.67. The molecule has 0 radical (unpaired) electrons. The van der Waals surface area contributed by atoms with E-state index in [0.717, 1.165) is 25.0 Å². The van der Waals surface area contributed by atoms with E-state index in [-0.39, 0.29) is 0 Å². The SMILES string of the molecule is NC1CSCC1CC1CCOCC1. The van der Waals surface area contributed by atoms with Crippen LogP contribution in [-0.4, -0.2) is 30.8 Å². The monoisotopic (exact) mass is 201 g/mol. The quantitative estimate of drug-likeness (QED) is 0.735. The zero-order valence-electron chi connectivity index (χ0n) is 8.08. The van der Waals surface area contributed by atoms with Crippen LogP contribution in [0.1, 0.15) is 19.3 Å². The zero-order valence-corrected chi connectivity index (χ0v) is 8.89. The first-order chi connectivity index (χ1) is 6.36. The predicted molar refractivity (Wildman–Crippen MR) is 57.0 cm³/mol. The van der Waals surface area contributed by atoms with Crippen molar-refractivity contribution in [2.75, 3.05) is 24.7 Å². The van der Waals surface area contributed by atoms with E-state index < -0.39 is 0 Å². The minimum absolute atomic E-state index is 0.466. The summed E-state index contributed by atoms with van der Waals surface area (Å²) in [5, 5.41) is 0. The first-order valence-electron chi connectivity index (χ1n) is 5.27. The molecule has 0 aromatic heterocycles. The van der Waals surface area contributed by atoms with Gasteiger partial charge >= 0.3 is 0 Å². The molecule has 2 unspecified atom stereocenters. The normalized spacial score (nSPS) is 36.7. The highest BCUT2D eigenvalue weighted by atomic mass is 32.2. The highest BCUT2D eigenvalue weighted by molar-refractivity contribution is 7.99. The summed E-state index contributed by atoms with van der Waals surface area (Å²) < 4.78 is 5.35. The third-order valence-corrected chi connectivity index (χ3v) is 4.51. The lowest BCUT2D eigenvalue weighted by molar-refractivity contribution is 0.0590. The van der Waals surface area contributed by atoms with Gasteiger partial charge in [-0.1, -0.05) is 0 Å². The lowest BCUT2D eigenvalue weighted by Crippen LogP contribution is -2.31. The van der Waals surface area contributed by atoms with Gasteiger partial charge in [0.25, 0.3) is 0 Å². The van der Waals surface area contributed by atoms with Gasteiger partial charge in [-0.3, -0.25) is 0 Å². The van der Waals surface area contributed by atoms with Crippen LogP contribution >= 0.6 is 11.8 Å². The summed E-state index contributed by atoms with van der Waals surface area (Å²) in [6.45, 7) is 1.94. The first-order valence-corrected chi connectivity index (χ1v) is 6.43. The van der Waals surface area contributed by atoms with Crippen molar-refractivity contribution < 1.29 is 4.74 Å². The number of ether oxygens (including phenoxy) is 1. The maximum absolute atomic E-state index is 6.04. The van der Waals surface area contributed by atoms with E-state index in [1.54, 1.807) is 0 Å². The molecule has 0 aliphatic carbocycles. The Kier molecular flexibility index (Phi) is 3.52. The summed E-state index contributed by atoms with van der Waals surface area (Å²) in [5.41, 5.74) is 6.04. The summed E-state index contributed by atoms with van der Waals surface area (Å²) in [4.78, 5) is 0. The Hall–Kier alpha value is 0.270. The predicted octanol–water partition coefficient (Wildman–Crippen LogP) is 1.49. The standard InChI is InChI=1S/C10H19NOS/c11-10-7-13-6-9(10)5-8-1-3-12-4-2-8/h8-10H,1-7,11H2. The van der Waals surface area contributed by atoms with Crippen LogP contribution in [0.5, 0.6) is 0 Å². The fourth-order valence-corrected chi connectivity index (χ4v) is 3.63. The van der Waals surface area contributed by atoms with E-state index >= 15 is 0 Å². The van der Waals surface area contributed by atoms with Crippen LogP contribution in [0, 0.1) is 11.8 Å². The molecule has 0 saturated carbocycles. The third-order valence-electron chi connectivity index (χ3n) is 3.22. The minimum atomic E-state index is 0.466. The smallest absolute Gasteiger partial charge is 0.0468 e. The van der Waals surface area contributed by atoms with Gasteiger partial charge in [0.1, 0.15) is 0 Å². The van der Waals surface area contributed by atoms with Crippen LogP contribution in [0.4, 0.5) is 0 Å². The Morgan fingerprint density at radius 1 is 1.23 bits per heavy atom. The summed E-state index contributed by atoms with van der Waals surface area (Å²) in [6, 6.07) is 0.466. The molecule has 0 bridgehead atoms. The van der Waals surface area contributed by atoms with Crippen LogP contribution in [0.25, 0.3) is 0 Å². The molecule has 2 nitrogen and oxygen atoms in total. The van der Waals surface area contributed by atoms with Crippen LogP contribution < -0.4 is 5.73 Å². The number of hydrogen-bond acceptors (Lipinski definition) is 3. The second-order valence-corrected chi connectivity index (χ2v) is 5.33. The van der Waals surface area contributed by atoms with Crippen LogP contribution in [0.3, 0.4) is 0 Å². The third kappa shape index (κ3) is 2.61. The van der Waals surface area contributed by atoms with E-state index in [2.05, 4.69) is 0 Å². The summed E-state index contributed by atoms with van der Waals surface area (Å²) in [7, 11) is 0. The van der Waals surface area contributed by atoms with Crippen LogP contribution in [0.2, 0.25) is 0 Å². The van der Waals surface area contributed by atoms with Gasteiger partial charge in [0.2, 0.25) is 0 Å². The first kappa shape index (κ1) is 9.81. The summed E-state index contributed by atoms with van der Waals surface area (Å²) >= 11 is 2.02. The number of nitrogens with two attached hydrogens (primary N) is 1. The number of rotatable bonds is 2. The van der Waals surface area contributed by atoms with Crippen molar-refractivity contribution in [2.24, 2.45) is 17.6 Å². The number of hydrogen-bond donors (Lipinski definition) is 1. The molecule has 0 spiro atoms. The Morgan fingerprint density at radius 2 is 2.00 bits per heavy atom. The average molecular weight is 201 g/mol. The molecule has 2 aliphatic rings. The van der Waals surface area contributed by atoms with Gasteiger partial charge in [-0.05, 0) is 36.9 Å². The molecule has 2 aliphatic heterocycles. The Labute approximate surface area is 84.6 Å². The average Bonchev–Trinajstić information content (AvgIpc) is 2.54. The highest BCUT2D eigenvalue weighted by Crippen LogP contribution is 2.31. The largest absolute Gasteiger partial charge is 0.381 e. The molecule has 2 rings (SSSR count). The molecule has 2 heterocycles. The summed E-state index contributed by atoms with van der Waals surface area (Å²) in [6.07, 6.45) is 3.86. The van der Waals surface area contributed by atoms with Gasteiger partial charge in [-0.15, -0.1) is 0 Å². The molecule has 2 atom stereocenters. The van der Waals surface area contributed by atoms with Gasteiger partial charge in [-0.2, -0.15) is 11.8 Å². The van der Waals surface area contributed by atoms with Crippen molar-refractivity contribution in [1.82, 2.24) is 0 Å². The Balaban J connectivity index is 1.75. The van der Waals surface area contributed by atoms with Gasteiger partial charge in [0.15, 0.2) is 0 Å². The van der Waals surface area contributed by atoms with Crippen molar-refractivity contribution in [3.05, 3.63) is 0 Å². The lowest BCUT2D eigenvalue weighted by Gasteiger charge is -2.25. The molecule has 13 heavy (non-hydrogen) atoms. The zero-order chi connectivity index (χ0) is 9.10. The molecule has 2 N–H and O–H groups in total. The van der Waals surface area contributed by atoms with Crippen molar-refractivity contribution in [2.45, 2.75) is 25.3 Å². The Bertz CT molecular complexity index is 159. The number of thioether (sulfide) groups is 1. The van der Waals surface area contributed by atoms with Gasteiger partial charge < -0.3 is 10.5 Å². The molecule has 2 saturated heterocycles. The molecule has 3 heteroatoms. The maximum atomic E-state index is 6.04. The van der Waals surface area contributed by atoms with Gasteiger partial charge in [-0.25, -0.2) is 0 Å². The van der Waals surface area contributed by atoms with Gasteiger partial charge in [0, 0.05) is 25.0 Å². The van der Waals surface area contributed by atoms with Crippen molar-refractivity contribution in [3.63, 3.8) is 0 Å². The molecule has 0 aromatic rings. The maximum Gasteiger partial charge on any atom is 0.0468 e. The van der Waals surface area contributed by atoms with E-state index in [9.17, 15) is 0 Å². The van der Waals surface area contributed by atoms with E-state index in [1.807, 2.05) is 11.8 Å². The molecular weight excluding hydrogens is 182 g/mol. The highest BCUT2D eigenvalue weighted by Gasteiger charge is 2.27. The molecule has 76 valence electrons. The second-order valence-electron chi connectivity index (χ2n) is 4.25. The van der Waals surface area contributed by atoms with Crippen molar-refractivity contribution >= 4 is 11.8 Å². The van der Waals surface area contributed by atoms with Crippen molar-refractivity contribution in [1.29, 1.82) is 0 Å². The molecule has 2 fully saturated rings. The molecular formula is C10H19NOS. The summed E-state index contributed by atoms with van der Waals surface area (Å²) in [5.74, 6) is 4.14. The lowest BCUT2D eigenvalue weighted by atomic mass is 9.87. The van der Waals surface area contributed by atoms with Gasteiger partial charge in [0.05, 0.1) is 0 Å². The minimum Gasteiger partial charge on any atom is -0.381 e.